The van der Waals surface area contributed by atoms with Gasteiger partial charge in [0.2, 0.25) is 10.7 Å². The van der Waals surface area contributed by atoms with Crippen molar-refractivity contribution in [3.8, 4) is 11.4 Å². The normalized spacial score (nSPS) is 10.6. The SMILES string of the molecule is CCC(=O)n1nc(-c2ccc(NC(=O)c3ccccc3F)cc2)n(C)c1=S. The second-order valence-corrected chi connectivity index (χ2v) is 6.20. The van der Waals surface area contributed by atoms with E-state index in [4.69, 9.17) is 12.2 Å². The summed E-state index contributed by atoms with van der Waals surface area (Å²) in [4.78, 5) is 24.1. The predicted molar refractivity (Wildman–Crippen MR) is 103 cm³/mol. The summed E-state index contributed by atoms with van der Waals surface area (Å²) in [6.07, 6.45) is 0.297. The molecule has 1 heterocycles. The number of nitrogens with one attached hydrogen (secondary N) is 1. The predicted octanol–water partition coefficient (Wildman–Crippen LogP) is 4.06. The zero-order valence-corrected chi connectivity index (χ0v) is 15.6. The number of aromatic nitrogens is 3. The summed E-state index contributed by atoms with van der Waals surface area (Å²) in [6, 6.07) is 12.6. The summed E-state index contributed by atoms with van der Waals surface area (Å²) in [7, 11) is 1.73. The molecule has 1 aromatic heterocycles. The summed E-state index contributed by atoms with van der Waals surface area (Å²) in [5.41, 5.74) is 1.22. The molecule has 0 saturated carbocycles. The number of nitrogens with zero attached hydrogens (tertiary/aromatic N) is 3. The lowest BCUT2D eigenvalue weighted by Crippen LogP contribution is -2.13. The molecule has 27 heavy (non-hydrogen) atoms. The first kappa shape index (κ1) is 18.7. The standard InChI is InChI=1S/C19H17FN4O2S/c1-3-16(25)24-19(27)23(2)17(22-24)12-8-10-13(11-9-12)21-18(26)14-6-4-5-7-15(14)20/h4-11H,3H2,1-2H3,(H,21,26). The van der Waals surface area contributed by atoms with E-state index in [1.165, 1.54) is 22.9 Å². The molecule has 138 valence electrons. The maximum atomic E-state index is 13.7. The Kier molecular flexibility index (Phi) is 5.27. The lowest BCUT2D eigenvalue weighted by molar-refractivity contribution is 0.0890. The van der Waals surface area contributed by atoms with Gasteiger partial charge in [0.1, 0.15) is 5.82 Å². The Morgan fingerprint density at radius 3 is 2.44 bits per heavy atom. The van der Waals surface area contributed by atoms with Gasteiger partial charge in [0, 0.05) is 24.7 Å². The van der Waals surface area contributed by atoms with Crippen LogP contribution in [0.3, 0.4) is 0 Å². The van der Waals surface area contributed by atoms with Crippen LogP contribution >= 0.6 is 12.2 Å². The van der Waals surface area contributed by atoms with Gasteiger partial charge in [-0.2, -0.15) is 4.68 Å². The molecule has 0 unspecified atom stereocenters. The average molecular weight is 384 g/mol. The smallest absolute Gasteiger partial charge is 0.258 e. The van der Waals surface area contributed by atoms with Gasteiger partial charge in [0.05, 0.1) is 5.56 Å². The van der Waals surface area contributed by atoms with Crippen LogP contribution in [-0.2, 0) is 7.05 Å². The molecule has 1 N–H and O–H groups in total. The highest BCUT2D eigenvalue weighted by atomic mass is 32.1. The van der Waals surface area contributed by atoms with Crippen LogP contribution < -0.4 is 5.32 Å². The summed E-state index contributed by atoms with van der Waals surface area (Å²) < 4.78 is 16.9. The minimum Gasteiger partial charge on any atom is -0.322 e. The van der Waals surface area contributed by atoms with Crippen molar-refractivity contribution in [2.75, 3.05) is 5.32 Å². The molecule has 8 heteroatoms. The van der Waals surface area contributed by atoms with E-state index in [2.05, 4.69) is 10.4 Å². The van der Waals surface area contributed by atoms with Crippen molar-refractivity contribution in [1.29, 1.82) is 0 Å². The highest BCUT2D eigenvalue weighted by molar-refractivity contribution is 7.71. The Morgan fingerprint density at radius 2 is 1.81 bits per heavy atom. The number of anilines is 1. The Labute approximate surface area is 160 Å². The van der Waals surface area contributed by atoms with E-state index in [1.807, 2.05) is 0 Å². The molecular weight excluding hydrogens is 367 g/mol. The quantitative estimate of drug-likeness (QED) is 0.689. The van der Waals surface area contributed by atoms with Gasteiger partial charge in [-0.15, -0.1) is 5.10 Å². The molecule has 0 aliphatic heterocycles. The van der Waals surface area contributed by atoms with Gasteiger partial charge < -0.3 is 9.88 Å². The van der Waals surface area contributed by atoms with Crippen molar-refractivity contribution in [3.05, 3.63) is 64.7 Å². The van der Waals surface area contributed by atoms with E-state index in [-0.39, 0.29) is 11.5 Å². The maximum Gasteiger partial charge on any atom is 0.258 e. The number of halogens is 1. The fraction of sp³-hybridized carbons (Fsp3) is 0.158. The topological polar surface area (TPSA) is 68.9 Å². The van der Waals surface area contributed by atoms with Crippen molar-refractivity contribution < 1.29 is 14.0 Å². The number of benzene rings is 2. The van der Waals surface area contributed by atoms with Crippen LogP contribution in [0.4, 0.5) is 10.1 Å². The Hall–Kier alpha value is -3.13. The average Bonchev–Trinajstić information content (AvgIpc) is 2.97. The van der Waals surface area contributed by atoms with Crippen molar-refractivity contribution in [1.82, 2.24) is 14.3 Å². The highest BCUT2D eigenvalue weighted by Gasteiger charge is 2.15. The van der Waals surface area contributed by atoms with Gasteiger partial charge in [-0.05, 0) is 48.6 Å². The lowest BCUT2D eigenvalue weighted by atomic mass is 10.1. The number of hydrogen-bond acceptors (Lipinski definition) is 4. The van der Waals surface area contributed by atoms with E-state index < -0.39 is 11.7 Å². The van der Waals surface area contributed by atoms with E-state index >= 15 is 0 Å². The van der Waals surface area contributed by atoms with Crippen molar-refractivity contribution in [2.45, 2.75) is 13.3 Å². The van der Waals surface area contributed by atoms with Crippen LogP contribution in [0.2, 0.25) is 0 Å². The number of amides is 1. The third-order valence-corrected chi connectivity index (χ3v) is 4.49. The maximum absolute atomic E-state index is 13.7. The molecule has 0 aliphatic rings. The number of hydrogen-bond donors (Lipinski definition) is 1. The van der Waals surface area contributed by atoms with Gasteiger partial charge in [-0.1, -0.05) is 19.1 Å². The molecule has 3 aromatic rings. The van der Waals surface area contributed by atoms with Crippen molar-refractivity contribution >= 4 is 29.7 Å². The van der Waals surface area contributed by atoms with Crippen LogP contribution in [0.25, 0.3) is 11.4 Å². The summed E-state index contributed by atoms with van der Waals surface area (Å²) in [5.74, 6) is -0.760. The fourth-order valence-corrected chi connectivity index (χ4v) is 2.78. The second-order valence-electron chi connectivity index (χ2n) is 5.84. The Morgan fingerprint density at radius 1 is 1.15 bits per heavy atom. The van der Waals surface area contributed by atoms with Crippen LogP contribution in [0.15, 0.2) is 48.5 Å². The summed E-state index contributed by atoms with van der Waals surface area (Å²) in [6.45, 7) is 1.74. The van der Waals surface area contributed by atoms with Crippen LogP contribution in [0.1, 0.15) is 28.5 Å². The minimum atomic E-state index is -0.581. The molecule has 0 fully saturated rings. The van der Waals surface area contributed by atoms with Crippen molar-refractivity contribution in [3.63, 3.8) is 0 Å². The molecule has 0 atom stereocenters. The first-order chi connectivity index (χ1) is 12.9. The first-order valence-corrected chi connectivity index (χ1v) is 8.68. The van der Waals surface area contributed by atoms with Crippen LogP contribution in [-0.4, -0.2) is 26.2 Å². The highest BCUT2D eigenvalue weighted by Crippen LogP contribution is 2.21. The van der Waals surface area contributed by atoms with Gasteiger partial charge >= 0.3 is 0 Å². The van der Waals surface area contributed by atoms with Crippen molar-refractivity contribution in [2.24, 2.45) is 7.05 Å². The Balaban J connectivity index is 1.84. The molecule has 0 radical (unpaired) electrons. The van der Waals surface area contributed by atoms with E-state index in [9.17, 15) is 14.0 Å². The lowest BCUT2D eigenvalue weighted by Gasteiger charge is -2.07. The zero-order valence-electron chi connectivity index (χ0n) is 14.8. The monoisotopic (exact) mass is 384 g/mol. The number of carbonyl (C=O) groups excluding carboxylic acids is 2. The third kappa shape index (κ3) is 3.70. The van der Waals surface area contributed by atoms with E-state index in [0.717, 1.165) is 5.56 Å². The number of rotatable bonds is 4. The summed E-state index contributed by atoms with van der Waals surface area (Å²) in [5, 5.41) is 6.94. The van der Waals surface area contributed by atoms with E-state index in [0.29, 0.717) is 22.7 Å². The fourth-order valence-electron chi connectivity index (χ4n) is 2.55. The Bertz CT molecular complexity index is 1070. The van der Waals surface area contributed by atoms with Gasteiger partial charge in [0.25, 0.3) is 5.91 Å². The molecule has 0 spiro atoms. The summed E-state index contributed by atoms with van der Waals surface area (Å²) >= 11 is 5.26. The van der Waals surface area contributed by atoms with Gasteiger partial charge in [-0.3, -0.25) is 9.59 Å². The molecule has 0 saturated heterocycles. The molecule has 0 aliphatic carbocycles. The van der Waals surface area contributed by atoms with E-state index in [1.54, 1.807) is 48.9 Å². The zero-order chi connectivity index (χ0) is 19.6. The third-order valence-electron chi connectivity index (χ3n) is 4.04. The van der Waals surface area contributed by atoms with Gasteiger partial charge in [-0.25, -0.2) is 4.39 Å². The molecule has 6 nitrogen and oxygen atoms in total. The number of carbonyl (C=O) groups is 2. The molecule has 3 rings (SSSR count). The molecule has 0 bridgehead atoms. The second kappa shape index (κ2) is 7.63. The van der Waals surface area contributed by atoms with Crippen LogP contribution in [0.5, 0.6) is 0 Å². The van der Waals surface area contributed by atoms with Gasteiger partial charge in [0.15, 0.2) is 5.82 Å². The molecule has 1 amide bonds. The first-order valence-electron chi connectivity index (χ1n) is 8.28. The molecule has 2 aromatic carbocycles. The minimum absolute atomic E-state index is 0.0273. The van der Waals surface area contributed by atoms with Crippen LogP contribution in [0, 0.1) is 10.6 Å². The largest absolute Gasteiger partial charge is 0.322 e. The molecular formula is C19H17FN4O2S.